The van der Waals surface area contributed by atoms with Crippen LogP contribution in [-0.4, -0.2) is 47.7 Å². The van der Waals surface area contributed by atoms with Crippen molar-refractivity contribution in [3.8, 4) is 0 Å². The highest BCUT2D eigenvalue weighted by Crippen LogP contribution is 2.40. The molecule has 2 saturated heterocycles. The van der Waals surface area contributed by atoms with Crippen molar-refractivity contribution in [1.82, 2.24) is 9.88 Å². The Bertz CT molecular complexity index is 737. The lowest BCUT2D eigenvalue weighted by atomic mass is 9.81. The van der Waals surface area contributed by atoms with Crippen LogP contribution in [0.5, 0.6) is 0 Å². The molecule has 1 amide bonds. The number of hydrogen-bond acceptors (Lipinski definition) is 5. The number of likely N-dealkylation sites (tertiary alicyclic amines) is 1. The largest absolute Gasteiger partial charge is 0.459 e. The van der Waals surface area contributed by atoms with Crippen LogP contribution in [0.1, 0.15) is 28.1 Å². The quantitative estimate of drug-likeness (QED) is 0.835. The third-order valence-corrected chi connectivity index (χ3v) is 5.20. The average molecular weight is 342 g/mol. The number of pyridine rings is 1. The summed E-state index contributed by atoms with van der Waals surface area (Å²) in [4.78, 5) is 18.3. The van der Waals surface area contributed by atoms with Crippen molar-refractivity contribution in [2.75, 3.05) is 26.3 Å². The number of nitrogens with zero attached hydrogens (tertiary/aromatic N) is 2. The zero-order chi connectivity index (χ0) is 17.3. The Labute approximate surface area is 146 Å². The summed E-state index contributed by atoms with van der Waals surface area (Å²) in [6, 6.07) is 5.72. The Morgan fingerprint density at radius 2 is 2.16 bits per heavy atom. The molecule has 0 aromatic carbocycles. The van der Waals surface area contributed by atoms with Gasteiger partial charge in [0.2, 0.25) is 0 Å². The SMILES string of the molecule is Cc1ccoc1C(=O)N1CC2(C1)OCCC2COCc1ccncc1. The number of furan rings is 1. The standard InChI is InChI=1S/C19H22N2O4/c1-14-4-8-24-17(14)18(22)21-12-19(13-21)16(5-9-25-19)11-23-10-15-2-6-20-7-3-15/h2-4,6-8,16H,5,9-13H2,1H3. The van der Waals surface area contributed by atoms with Gasteiger partial charge in [0.25, 0.3) is 5.91 Å². The topological polar surface area (TPSA) is 64.8 Å². The van der Waals surface area contributed by atoms with Crippen LogP contribution in [0.2, 0.25) is 0 Å². The summed E-state index contributed by atoms with van der Waals surface area (Å²) in [5.41, 5.74) is 1.73. The second kappa shape index (κ2) is 6.61. The van der Waals surface area contributed by atoms with Gasteiger partial charge in [-0.15, -0.1) is 0 Å². The molecule has 132 valence electrons. The van der Waals surface area contributed by atoms with Gasteiger partial charge in [-0.25, -0.2) is 0 Å². The fourth-order valence-electron chi connectivity index (χ4n) is 3.65. The van der Waals surface area contributed by atoms with E-state index in [9.17, 15) is 4.79 Å². The molecule has 25 heavy (non-hydrogen) atoms. The molecule has 0 bridgehead atoms. The van der Waals surface area contributed by atoms with E-state index in [-0.39, 0.29) is 11.5 Å². The van der Waals surface area contributed by atoms with Crippen LogP contribution < -0.4 is 0 Å². The second-order valence-electron chi connectivity index (χ2n) is 6.86. The summed E-state index contributed by atoms with van der Waals surface area (Å²) in [7, 11) is 0. The highest BCUT2D eigenvalue weighted by atomic mass is 16.5. The van der Waals surface area contributed by atoms with Crippen LogP contribution in [0, 0.1) is 12.8 Å². The predicted octanol–water partition coefficient (Wildman–Crippen LogP) is 2.43. The van der Waals surface area contributed by atoms with Crippen LogP contribution in [0.15, 0.2) is 41.3 Å². The minimum absolute atomic E-state index is 0.0555. The van der Waals surface area contributed by atoms with Crippen molar-refractivity contribution < 1.29 is 18.7 Å². The van der Waals surface area contributed by atoms with Crippen molar-refractivity contribution >= 4 is 5.91 Å². The number of carbonyl (C=O) groups is 1. The molecule has 6 heteroatoms. The Balaban J connectivity index is 1.32. The van der Waals surface area contributed by atoms with Crippen molar-refractivity contribution in [3.63, 3.8) is 0 Å². The predicted molar refractivity (Wildman–Crippen MR) is 90.0 cm³/mol. The van der Waals surface area contributed by atoms with E-state index in [2.05, 4.69) is 4.98 Å². The first-order valence-electron chi connectivity index (χ1n) is 8.62. The summed E-state index contributed by atoms with van der Waals surface area (Å²) in [6.45, 7) is 5.04. The number of hydrogen-bond donors (Lipinski definition) is 0. The minimum Gasteiger partial charge on any atom is -0.459 e. The lowest BCUT2D eigenvalue weighted by Crippen LogP contribution is -2.66. The van der Waals surface area contributed by atoms with Gasteiger partial charge in [-0.1, -0.05) is 0 Å². The average Bonchev–Trinajstić information content (AvgIpc) is 3.20. The molecule has 2 aliphatic rings. The molecule has 1 unspecified atom stereocenters. The number of ether oxygens (including phenoxy) is 2. The molecule has 0 N–H and O–H groups in total. The Morgan fingerprint density at radius 1 is 1.36 bits per heavy atom. The second-order valence-corrected chi connectivity index (χ2v) is 6.86. The molecule has 2 aromatic heterocycles. The zero-order valence-corrected chi connectivity index (χ0v) is 14.3. The molecule has 4 rings (SSSR count). The number of aromatic nitrogens is 1. The normalized spacial score (nSPS) is 21.5. The van der Waals surface area contributed by atoms with Crippen LogP contribution in [0.3, 0.4) is 0 Å². The summed E-state index contributed by atoms with van der Waals surface area (Å²) < 4.78 is 17.2. The van der Waals surface area contributed by atoms with Gasteiger partial charge in [0, 0.05) is 30.5 Å². The minimum atomic E-state index is -0.256. The molecule has 0 aliphatic carbocycles. The molecule has 6 nitrogen and oxygen atoms in total. The van der Waals surface area contributed by atoms with Gasteiger partial charge in [0.15, 0.2) is 5.76 Å². The zero-order valence-electron chi connectivity index (χ0n) is 14.3. The molecule has 1 spiro atoms. The summed E-state index contributed by atoms with van der Waals surface area (Å²) >= 11 is 0. The lowest BCUT2D eigenvalue weighted by molar-refractivity contribution is -0.129. The van der Waals surface area contributed by atoms with Gasteiger partial charge in [-0.05, 0) is 37.1 Å². The molecule has 0 saturated carbocycles. The highest BCUT2D eigenvalue weighted by molar-refractivity contribution is 5.93. The van der Waals surface area contributed by atoms with Crippen LogP contribution in [0.25, 0.3) is 0 Å². The smallest absolute Gasteiger partial charge is 0.290 e. The van der Waals surface area contributed by atoms with Gasteiger partial charge >= 0.3 is 0 Å². The molecule has 2 aromatic rings. The number of rotatable bonds is 5. The molecule has 1 atom stereocenters. The van der Waals surface area contributed by atoms with Gasteiger partial charge in [-0.2, -0.15) is 0 Å². The molecule has 0 radical (unpaired) electrons. The summed E-state index contributed by atoms with van der Waals surface area (Å²) in [6.07, 6.45) is 6.06. The van der Waals surface area contributed by atoms with Crippen LogP contribution >= 0.6 is 0 Å². The van der Waals surface area contributed by atoms with Crippen molar-refractivity contribution in [3.05, 3.63) is 53.7 Å². The first-order chi connectivity index (χ1) is 12.2. The van der Waals surface area contributed by atoms with Gasteiger partial charge < -0.3 is 18.8 Å². The van der Waals surface area contributed by atoms with Gasteiger partial charge in [-0.3, -0.25) is 9.78 Å². The van der Waals surface area contributed by atoms with Crippen molar-refractivity contribution in [2.45, 2.75) is 25.6 Å². The fourth-order valence-corrected chi connectivity index (χ4v) is 3.65. The Kier molecular flexibility index (Phi) is 4.31. The molecular formula is C19H22N2O4. The fraction of sp³-hybridized carbons (Fsp3) is 0.474. The number of aryl methyl sites for hydroxylation is 1. The molecule has 2 aliphatic heterocycles. The van der Waals surface area contributed by atoms with E-state index in [1.165, 1.54) is 0 Å². The maximum Gasteiger partial charge on any atom is 0.290 e. The highest BCUT2D eigenvalue weighted by Gasteiger charge is 2.54. The van der Waals surface area contributed by atoms with Crippen LogP contribution in [0.4, 0.5) is 0 Å². The molecule has 2 fully saturated rings. The Morgan fingerprint density at radius 3 is 2.88 bits per heavy atom. The van der Waals surface area contributed by atoms with E-state index in [1.807, 2.05) is 25.1 Å². The first-order valence-corrected chi connectivity index (χ1v) is 8.62. The lowest BCUT2D eigenvalue weighted by Gasteiger charge is -2.49. The van der Waals surface area contributed by atoms with Crippen molar-refractivity contribution in [1.29, 1.82) is 0 Å². The van der Waals surface area contributed by atoms with E-state index < -0.39 is 0 Å². The van der Waals surface area contributed by atoms with Gasteiger partial charge in [0.05, 0.1) is 32.6 Å². The van der Waals surface area contributed by atoms with Crippen LogP contribution in [-0.2, 0) is 16.1 Å². The third-order valence-electron chi connectivity index (χ3n) is 5.20. The third kappa shape index (κ3) is 3.07. The van der Waals surface area contributed by atoms with E-state index >= 15 is 0 Å². The monoisotopic (exact) mass is 342 g/mol. The molecule has 4 heterocycles. The Hall–Kier alpha value is -2.18. The maximum absolute atomic E-state index is 12.5. The van der Waals surface area contributed by atoms with Gasteiger partial charge in [0.1, 0.15) is 5.60 Å². The first kappa shape index (κ1) is 16.3. The number of amides is 1. The van der Waals surface area contributed by atoms with E-state index in [4.69, 9.17) is 13.9 Å². The van der Waals surface area contributed by atoms with E-state index in [1.54, 1.807) is 23.6 Å². The number of carbonyl (C=O) groups excluding carboxylic acids is 1. The summed E-state index contributed by atoms with van der Waals surface area (Å²) in [5, 5.41) is 0. The maximum atomic E-state index is 12.5. The summed E-state index contributed by atoms with van der Waals surface area (Å²) in [5.74, 6) is 0.689. The van der Waals surface area contributed by atoms with E-state index in [0.717, 1.165) is 24.2 Å². The van der Waals surface area contributed by atoms with Crippen molar-refractivity contribution in [2.24, 2.45) is 5.92 Å². The molecular weight excluding hydrogens is 320 g/mol. The van der Waals surface area contributed by atoms with E-state index in [0.29, 0.717) is 38.0 Å².